The van der Waals surface area contributed by atoms with Gasteiger partial charge >= 0.3 is 5.56 Å². The van der Waals surface area contributed by atoms with Gasteiger partial charge in [0.05, 0.1) is 0 Å². The number of hydrogen-bond donors (Lipinski definition) is 0. The van der Waals surface area contributed by atoms with Crippen LogP contribution in [-0.4, -0.2) is 34.0 Å². The second-order valence-corrected chi connectivity index (χ2v) is 9.62. The molecule has 34 heavy (non-hydrogen) atoms. The molecule has 6 nitrogen and oxygen atoms in total. The van der Waals surface area contributed by atoms with E-state index in [-0.39, 0.29) is 24.2 Å². The molecule has 1 aromatic heterocycles. The number of likely N-dealkylation sites (N-methyl/N-ethyl adjacent to an activating group) is 1. The van der Waals surface area contributed by atoms with Gasteiger partial charge in [-0.3, -0.25) is 9.59 Å². The quantitative estimate of drug-likeness (QED) is 0.507. The van der Waals surface area contributed by atoms with Gasteiger partial charge in [0.25, 0.3) is 5.91 Å². The second kappa shape index (κ2) is 9.63. The molecule has 176 valence electrons. The number of fused-ring (bicyclic) bond motifs is 1. The smallest absolute Gasteiger partial charge is 0.316 e. The van der Waals surface area contributed by atoms with E-state index in [0.29, 0.717) is 35.5 Å². The largest absolute Gasteiger partial charge is 0.481 e. The molecular formula is C27H28ClN3O3. The molecule has 5 rings (SSSR count). The van der Waals surface area contributed by atoms with E-state index in [2.05, 4.69) is 4.98 Å². The van der Waals surface area contributed by atoms with Crippen molar-refractivity contribution in [3.05, 3.63) is 92.6 Å². The summed E-state index contributed by atoms with van der Waals surface area (Å²) in [6.45, 7) is 1.32. The average Bonchev–Trinajstić information content (AvgIpc) is 3.37. The minimum Gasteiger partial charge on any atom is -0.481 e. The first-order valence-electron chi connectivity index (χ1n) is 11.9. The third kappa shape index (κ3) is 4.34. The van der Waals surface area contributed by atoms with E-state index in [0.717, 1.165) is 36.8 Å². The van der Waals surface area contributed by atoms with Crippen LogP contribution >= 0.6 is 11.6 Å². The molecule has 0 radical (unpaired) electrons. The van der Waals surface area contributed by atoms with Crippen LogP contribution in [0.25, 0.3) is 0 Å². The Labute approximate surface area is 204 Å². The topological polar surface area (TPSA) is 64.4 Å². The van der Waals surface area contributed by atoms with Gasteiger partial charge in [0.2, 0.25) is 5.75 Å². The number of hydrogen-bond acceptors (Lipinski definition) is 4. The van der Waals surface area contributed by atoms with Gasteiger partial charge in [-0.1, -0.05) is 66.9 Å². The highest BCUT2D eigenvalue weighted by Crippen LogP contribution is 2.42. The lowest BCUT2D eigenvalue weighted by Crippen LogP contribution is -2.42. The minimum absolute atomic E-state index is 0.0328. The molecule has 0 spiro atoms. The number of halogens is 1. The van der Waals surface area contributed by atoms with Crippen molar-refractivity contribution in [1.82, 2.24) is 14.5 Å². The Morgan fingerprint density at radius 3 is 2.44 bits per heavy atom. The lowest BCUT2D eigenvalue weighted by atomic mass is 9.83. The number of carbonyl (C=O) groups is 1. The third-order valence-corrected chi connectivity index (χ3v) is 7.24. The Morgan fingerprint density at radius 2 is 1.74 bits per heavy atom. The van der Waals surface area contributed by atoms with E-state index in [1.165, 1.54) is 0 Å². The lowest BCUT2D eigenvalue weighted by molar-refractivity contribution is 0.0734. The summed E-state index contributed by atoms with van der Waals surface area (Å²) in [5, 5.41) is 0.669. The molecule has 1 amide bonds. The fourth-order valence-electron chi connectivity index (χ4n) is 5.22. The predicted octanol–water partition coefficient (Wildman–Crippen LogP) is 4.88. The highest BCUT2D eigenvalue weighted by atomic mass is 35.5. The van der Waals surface area contributed by atoms with Gasteiger partial charge < -0.3 is 14.2 Å². The fraction of sp³-hybridized carbons (Fsp3) is 0.370. The highest BCUT2D eigenvalue weighted by molar-refractivity contribution is 6.30. The van der Waals surface area contributed by atoms with Crippen molar-refractivity contribution in [2.45, 2.75) is 44.8 Å². The first-order chi connectivity index (χ1) is 16.5. The van der Waals surface area contributed by atoms with Crippen molar-refractivity contribution >= 4 is 17.5 Å². The molecule has 2 aliphatic rings. The Bertz CT molecular complexity index is 1230. The summed E-state index contributed by atoms with van der Waals surface area (Å²) in [6.07, 6.45) is 4.45. The van der Waals surface area contributed by atoms with Crippen molar-refractivity contribution in [2.75, 3.05) is 13.6 Å². The summed E-state index contributed by atoms with van der Waals surface area (Å²) >= 11 is 6.17. The van der Waals surface area contributed by atoms with Gasteiger partial charge in [0.1, 0.15) is 12.4 Å². The van der Waals surface area contributed by atoms with Crippen LogP contribution < -0.4 is 10.3 Å². The van der Waals surface area contributed by atoms with Crippen molar-refractivity contribution < 1.29 is 9.53 Å². The van der Waals surface area contributed by atoms with Crippen LogP contribution in [0.5, 0.6) is 5.75 Å². The van der Waals surface area contributed by atoms with Crippen molar-refractivity contribution in [3.8, 4) is 5.75 Å². The number of nitrogens with zero attached hydrogens (tertiary/aromatic N) is 3. The van der Waals surface area contributed by atoms with E-state index < -0.39 is 5.56 Å². The summed E-state index contributed by atoms with van der Waals surface area (Å²) < 4.78 is 7.89. The number of benzene rings is 2. The summed E-state index contributed by atoms with van der Waals surface area (Å²) in [6, 6.07) is 17.4. The maximum Gasteiger partial charge on any atom is 0.316 e. The molecule has 1 unspecified atom stereocenters. The molecule has 1 aliphatic heterocycles. The predicted molar refractivity (Wildman–Crippen MR) is 131 cm³/mol. The van der Waals surface area contributed by atoms with Crippen molar-refractivity contribution in [2.24, 2.45) is 5.92 Å². The van der Waals surface area contributed by atoms with E-state index in [4.69, 9.17) is 16.3 Å². The maximum atomic E-state index is 13.3. The molecule has 1 saturated carbocycles. The third-order valence-electron chi connectivity index (χ3n) is 6.98. The Balaban J connectivity index is 1.63. The first-order valence-corrected chi connectivity index (χ1v) is 12.2. The monoisotopic (exact) mass is 477 g/mol. The molecule has 3 aromatic rings. The molecule has 1 atom stereocenters. The Kier molecular flexibility index (Phi) is 6.42. The summed E-state index contributed by atoms with van der Waals surface area (Å²) in [4.78, 5) is 32.9. The van der Waals surface area contributed by atoms with Crippen LogP contribution in [0.1, 0.15) is 59.0 Å². The highest BCUT2D eigenvalue weighted by Gasteiger charge is 2.36. The van der Waals surface area contributed by atoms with Gasteiger partial charge in [0.15, 0.2) is 5.69 Å². The molecule has 1 fully saturated rings. The van der Waals surface area contributed by atoms with Crippen molar-refractivity contribution in [3.63, 3.8) is 0 Å². The Hall–Kier alpha value is -3.12. The SMILES string of the molecule is CN1CCn2c(C(c3ccc(Cl)cc3)C3CCCC3)nc(=O)c(OCc3ccccc3)c2C1=O. The van der Waals surface area contributed by atoms with E-state index in [1.807, 2.05) is 59.2 Å². The van der Waals surface area contributed by atoms with Crippen LogP contribution in [0.2, 0.25) is 5.02 Å². The zero-order valence-corrected chi connectivity index (χ0v) is 20.0. The van der Waals surface area contributed by atoms with Crippen LogP contribution in [0, 0.1) is 5.92 Å². The van der Waals surface area contributed by atoms with Crippen LogP contribution in [0.3, 0.4) is 0 Å². The van der Waals surface area contributed by atoms with Crippen molar-refractivity contribution in [1.29, 1.82) is 0 Å². The summed E-state index contributed by atoms with van der Waals surface area (Å²) in [7, 11) is 1.75. The number of rotatable bonds is 6. The zero-order chi connectivity index (χ0) is 23.7. The van der Waals surface area contributed by atoms with Gasteiger partial charge in [-0.05, 0) is 42.0 Å². The molecule has 0 N–H and O–H groups in total. The molecule has 2 aromatic carbocycles. The van der Waals surface area contributed by atoms with Gasteiger partial charge in [0, 0.05) is 31.1 Å². The lowest BCUT2D eigenvalue weighted by Gasteiger charge is -2.33. The van der Waals surface area contributed by atoms with Gasteiger partial charge in [-0.15, -0.1) is 0 Å². The molecule has 7 heteroatoms. The van der Waals surface area contributed by atoms with E-state index >= 15 is 0 Å². The van der Waals surface area contributed by atoms with Gasteiger partial charge in [-0.2, -0.15) is 4.98 Å². The zero-order valence-electron chi connectivity index (χ0n) is 19.2. The van der Waals surface area contributed by atoms with Crippen LogP contribution in [-0.2, 0) is 13.2 Å². The first kappa shape index (κ1) is 22.7. The molecule has 1 aliphatic carbocycles. The fourth-order valence-corrected chi connectivity index (χ4v) is 5.34. The molecule has 2 heterocycles. The maximum absolute atomic E-state index is 13.3. The molecule has 0 bridgehead atoms. The second-order valence-electron chi connectivity index (χ2n) is 9.18. The number of aromatic nitrogens is 2. The Morgan fingerprint density at radius 1 is 1.03 bits per heavy atom. The van der Waals surface area contributed by atoms with E-state index in [1.54, 1.807) is 11.9 Å². The van der Waals surface area contributed by atoms with Gasteiger partial charge in [-0.25, -0.2) is 0 Å². The summed E-state index contributed by atoms with van der Waals surface area (Å²) in [5.41, 5.74) is 1.81. The number of ether oxygens (including phenoxy) is 1. The minimum atomic E-state index is -0.488. The summed E-state index contributed by atoms with van der Waals surface area (Å²) in [5.74, 6) is 0.755. The van der Waals surface area contributed by atoms with Crippen LogP contribution in [0.4, 0.5) is 0 Å². The standard InChI is InChI=1S/C27H28ClN3O3/c1-30-15-16-31-23(27(30)33)24(34-17-18-7-3-2-4-8-18)26(32)29-25(31)22(19-9-5-6-10-19)20-11-13-21(28)14-12-20/h2-4,7-8,11-14,19,22H,5-6,9-10,15-17H2,1H3. The van der Waals surface area contributed by atoms with E-state index in [9.17, 15) is 9.59 Å². The van der Waals surface area contributed by atoms with Crippen LogP contribution in [0.15, 0.2) is 59.4 Å². The number of amides is 1. The normalized spacial score (nSPS) is 17.0. The average molecular weight is 478 g/mol. The number of carbonyl (C=O) groups excluding carboxylic acids is 1. The molecule has 0 saturated heterocycles. The molecular weight excluding hydrogens is 450 g/mol.